The second-order valence-electron chi connectivity index (χ2n) is 2.35. The van der Waals surface area contributed by atoms with Gasteiger partial charge in [0.2, 0.25) is 0 Å². The molecule has 0 aliphatic rings. The van der Waals surface area contributed by atoms with E-state index >= 15 is 0 Å². The van der Waals surface area contributed by atoms with Crippen LogP contribution in [0.4, 0.5) is 0 Å². The maximum atomic E-state index is 9.14. The van der Waals surface area contributed by atoms with E-state index in [1.165, 1.54) is 0 Å². The zero-order chi connectivity index (χ0) is 8.43. The van der Waals surface area contributed by atoms with Crippen LogP contribution < -0.4 is 0 Å². The molecular formula is C8H8Cl2O. The summed E-state index contributed by atoms with van der Waals surface area (Å²) in [5.74, 6) is 0. The summed E-state index contributed by atoms with van der Waals surface area (Å²) in [5, 5.41) is 10.1. The van der Waals surface area contributed by atoms with Gasteiger partial charge in [-0.05, 0) is 24.6 Å². The third kappa shape index (κ3) is 2.09. The molecule has 1 rings (SSSR count). The lowest BCUT2D eigenvalue weighted by Gasteiger charge is -2.04. The smallest absolute Gasteiger partial charge is 0.0762 e. The summed E-state index contributed by atoms with van der Waals surface area (Å²) in [6, 6.07) is 5.08. The zero-order valence-electron chi connectivity index (χ0n) is 6.01. The van der Waals surface area contributed by atoms with Crippen LogP contribution in [0, 0.1) is 0 Å². The molecule has 0 unspecified atom stereocenters. The fraction of sp³-hybridized carbons (Fsp3) is 0.250. The lowest BCUT2D eigenvalue weighted by Crippen LogP contribution is -1.89. The number of hydrogen-bond donors (Lipinski definition) is 1. The van der Waals surface area contributed by atoms with E-state index < -0.39 is 6.10 Å². The summed E-state index contributed by atoms with van der Waals surface area (Å²) in [5.41, 5.74) is 0.777. The Morgan fingerprint density at radius 1 is 1.27 bits per heavy atom. The first-order chi connectivity index (χ1) is 5.11. The Morgan fingerprint density at radius 3 is 2.36 bits per heavy atom. The number of hydrogen-bond acceptors (Lipinski definition) is 1. The molecule has 1 N–H and O–H groups in total. The molecule has 0 aliphatic heterocycles. The van der Waals surface area contributed by atoms with Crippen LogP contribution in [0.25, 0.3) is 0 Å². The van der Waals surface area contributed by atoms with Crippen LogP contribution in [0.2, 0.25) is 10.0 Å². The standard InChI is InChI=1S/C8H8Cl2O/c1-5(11)6-2-3-7(9)8(10)4-6/h2-5,11H,1H3/t5-/m0/s1. The molecule has 0 saturated carbocycles. The number of rotatable bonds is 1. The van der Waals surface area contributed by atoms with Gasteiger partial charge in [-0.25, -0.2) is 0 Å². The first-order valence-electron chi connectivity index (χ1n) is 3.24. The van der Waals surface area contributed by atoms with Gasteiger partial charge in [-0.1, -0.05) is 29.3 Å². The van der Waals surface area contributed by atoms with Crippen molar-refractivity contribution in [3.05, 3.63) is 33.8 Å². The van der Waals surface area contributed by atoms with E-state index in [4.69, 9.17) is 28.3 Å². The quantitative estimate of drug-likeness (QED) is 0.723. The molecule has 0 saturated heterocycles. The molecule has 1 nitrogen and oxygen atoms in total. The van der Waals surface area contributed by atoms with Gasteiger partial charge in [0.25, 0.3) is 0 Å². The van der Waals surface area contributed by atoms with Crippen molar-refractivity contribution in [2.24, 2.45) is 0 Å². The highest BCUT2D eigenvalue weighted by molar-refractivity contribution is 6.42. The van der Waals surface area contributed by atoms with Gasteiger partial charge in [0.05, 0.1) is 16.1 Å². The highest BCUT2D eigenvalue weighted by Gasteiger charge is 2.02. The molecule has 0 fully saturated rings. The third-order valence-electron chi connectivity index (χ3n) is 1.43. The van der Waals surface area contributed by atoms with Crippen molar-refractivity contribution in [2.45, 2.75) is 13.0 Å². The maximum Gasteiger partial charge on any atom is 0.0762 e. The van der Waals surface area contributed by atoms with Gasteiger partial charge in [-0.15, -0.1) is 0 Å². The van der Waals surface area contributed by atoms with E-state index in [-0.39, 0.29) is 0 Å². The van der Waals surface area contributed by atoms with Crippen molar-refractivity contribution in [1.29, 1.82) is 0 Å². The second kappa shape index (κ2) is 3.44. The molecular weight excluding hydrogens is 183 g/mol. The van der Waals surface area contributed by atoms with Gasteiger partial charge < -0.3 is 5.11 Å². The Kier molecular flexibility index (Phi) is 2.77. The molecule has 1 aromatic carbocycles. The van der Waals surface area contributed by atoms with Crippen molar-refractivity contribution < 1.29 is 5.11 Å². The van der Waals surface area contributed by atoms with Crippen LogP contribution in [-0.4, -0.2) is 5.11 Å². The number of aliphatic hydroxyl groups excluding tert-OH is 1. The van der Waals surface area contributed by atoms with Crippen LogP contribution in [0.5, 0.6) is 0 Å². The minimum Gasteiger partial charge on any atom is -0.389 e. The van der Waals surface area contributed by atoms with Crippen LogP contribution in [0.1, 0.15) is 18.6 Å². The van der Waals surface area contributed by atoms with E-state index in [9.17, 15) is 0 Å². The average molecular weight is 191 g/mol. The lowest BCUT2D eigenvalue weighted by atomic mass is 10.1. The SMILES string of the molecule is C[C@H](O)c1ccc(Cl)c(Cl)c1. The fourth-order valence-corrected chi connectivity index (χ4v) is 1.08. The lowest BCUT2D eigenvalue weighted by molar-refractivity contribution is 0.199. The second-order valence-corrected chi connectivity index (χ2v) is 3.16. The maximum absolute atomic E-state index is 9.14. The number of halogens is 2. The van der Waals surface area contributed by atoms with Gasteiger partial charge in [-0.3, -0.25) is 0 Å². The van der Waals surface area contributed by atoms with Crippen LogP contribution in [0.3, 0.4) is 0 Å². The molecule has 1 aromatic rings. The molecule has 0 bridgehead atoms. The normalized spacial score (nSPS) is 13.1. The zero-order valence-corrected chi connectivity index (χ0v) is 7.52. The Morgan fingerprint density at radius 2 is 1.91 bits per heavy atom. The van der Waals surface area contributed by atoms with Crippen molar-refractivity contribution in [3.8, 4) is 0 Å². The van der Waals surface area contributed by atoms with Gasteiger partial charge >= 0.3 is 0 Å². The van der Waals surface area contributed by atoms with Crippen LogP contribution in [0.15, 0.2) is 18.2 Å². The molecule has 0 aromatic heterocycles. The van der Waals surface area contributed by atoms with Gasteiger partial charge in [-0.2, -0.15) is 0 Å². The van der Waals surface area contributed by atoms with Gasteiger partial charge in [0.15, 0.2) is 0 Å². The monoisotopic (exact) mass is 190 g/mol. The summed E-state index contributed by atoms with van der Waals surface area (Å²) < 4.78 is 0. The largest absolute Gasteiger partial charge is 0.389 e. The predicted octanol–water partition coefficient (Wildman–Crippen LogP) is 3.05. The van der Waals surface area contributed by atoms with Gasteiger partial charge in [0.1, 0.15) is 0 Å². The highest BCUT2D eigenvalue weighted by Crippen LogP contribution is 2.25. The van der Waals surface area contributed by atoms with E-state index in [0.717, 1.165) is 5.56 Å². The Bertz CT molecular complexity index is 258. The molecule has 1 atom stereocenters. The van der Waals surface area contributed by atoms with E-state index in [1.807, 2.05) is 0 Å². The first-order valence-corrected chi connectivity index (χ1v) is 4.00. The molecule has 60 valence electrons. The molecule has 0 amide bonds. The Labute approximate surface area is 75.6 Å². The van der Waals surface area contributed by atoms with E-state index in [0.29, 0.717) is 10.0 Å². The van der Waals surface area contributed by atoms with Crippen LogP contribution >= 0.6 is 23.2 Å². The first kappa shape index (κ1) is 8.85. The summed E-state index contributed by atoms with van der Waals surface area (Å²) in [7, 11) is 0. The van der Waals surface area contributed by atoms with Crippen LogP contribution in [-0.2, 0) is 0 Å². The summed E-state index contributed by atoms with van der Waals surface area (Å²) in [6.07, 6.45) is -0.496. The summed E-state index contributed by atoms with van der Waals surface area (Å²) >= 11 is 11.4. The van der Waals surface area contributed by atoms with E-state index in [1.54, 1.807) is 25.1 Å². The molecule has 0 heterocycles. The molecule has 11 heavy (non-hydrogen) atoms. The molecule has 0 spiro atoms. The third-order valence-corrected chi connectivity index (χ3v) is 2.17. The average Bonchev–Trinajstić information content (AvgIpc) is 1.94. The summed E-state index contributed by atoms with van der Waals surface area (Å²) in [6.45, 7) is 1.68. The van der Waals surface area contributed by atoms with Crippen molar-refractivity contribution in [2.75, 3.05) is 0 Å². The molecule has 0 radical (unpaired) electrons. The highest BCUT2D eigenvalue weighted by atomic mass is 35.5. The minimum absolute atomic E-state index is 0.477. The predicted molar refractivity (Wildman–Crippen MR) is 47.1 cm³/mol. The number of aliphatic hydroxyl groups is 1. The Hall–Kier alpha value is -0.240. The topological polar surface area (TPSA) is 20.2 Å². The fourth-order valence-electron chi connectivity index (χ4n) is 0.772. The molecule has 3 heteroatoms. The van der Waals surface area contributed by atoms with Crippen molar-refractivity contribution in [3.63, 3.8) is 0 Å². The van der Waals surface area contributed by atoms with Crippen molar-refractivity contribution >= 4 is 23.2 Å². The van der Waals surface area contributed by atoms with Crippen molar-refractivity contribution in [1.82, 2.24) is 0 Å². The van der Waals surface area contributed by atoms with E-state index in [2.05, 4.69) is 0 Å². The molecule has 0 aliphatic carbocycles. The number of benzene rings is 1. The Balaban J connectivity index is 3.05. The minimum atomic E-state index is -0.496. The van der Waals surface area contributed by atoms with Gasteiger partial charge in [0, 0.05) is 0 Å². The summed E-state index contributed by atoms with van der Waals surface area (Å²) in [4.78, 5) is 0.